The van der Waals surface area contributed by atoms with Crippen molar-refractivity contribution in [3.63, 3.8) is 0 Å². The van der Waals surface area contributed by atoms with Gasteiger partial charge < -0.3 is 10.2 Å². The van der Waals surface area contributed by atoms with Crippen LogP contribution in [0.4, 0.5) is 5.69 Å². The van der Waals surface area contributed by atoms with Crippen molar-refractivity contribution < 1.29 is 9.59 Å². The van der Waals surface area contributed by atoms with E-state index < -0.39 is 0 Å². The number of nitrogens with zero attached hydrogens (tertiary/aromatic N) is 2. The molecule has 6 nitrogen and oxygen atoms in total. The van der Waals surface area contributed by atoms with E-state index in [1.54, 1.807) is 4.90 Å². The lowest BCUT2D eigenvalue weighted by atomic mass is 10.1. The quantitative estimate of drug-likeness (QED) is 0.906. The van der Waals surface area contributed by atoms with Crippen molar-refractivity contribution in [2.75, 3.05) is 11.9 Å². The third-order valence-electron chi connectivity index (χ3n) is 4.66. The number of aryl methyl sites for hydroxylation is 2. The van der Waals surface area contributed by atoms with Crippen LogP contribution in [0, 0.1) is 19.8 Å². The lowest BCUT2D eigenvalue weighted by Gasteiger charge is -2.25. The molecular weight excluding hydrogens is 304 g/mol. The van der Waals surface area contributed by atoms with Crippen LogP contribution in [0.5, 0.6) is 0 Å². The Morgan fingerprint density at radius 1 is 1.33 bits per heavy atom. The number of amides is 2. The highest BCUT2D eigenvalue weighted by Crippen LogP contribution is 2.29. The Morgan fingerprint density at radius 3 is 2.67 bits per heavy atom. The Morgan fingerprint density at radius 2 is 2.04 bits per heavy atom. The summed E-state index contributed by atoms with van der Waals surface area (Å²) in [6, 6.07) is 9.84. The molecule has 6 heteroatoms. The molecule has 1 fully saturated rings. The number of anilines is 1. The van der Waals surface area contributed by atoms with Gasteiger partial charge in [-0.2, -0.15) is 5.10 Å². The second-order valence-corrected chi connectivity index (χ2v) is 6.33. The van der Waals surface area contributed by atoms with Crippen molar-refractivity contribution in [3.8, 4) is 0 Å². The Bertz CT molecular complexity index is 734. The van der Waals surface area contributed by atoms with Gasteiger partial charge in [-0.1, -0.05) is 30.3 Å². The molecule has 0 radical (unpaired) electrons. The van der Waals surface area contributed by atoms with Gasteiger partial charge in [0.2, 0.25) is 11.8 Å². The Labute approximate surface area is 141 Å². The number of nitrogens with one attached hydrogen (secondary N) is 2. The smallest absolute Gasteiger partial charge is 0.229 e. The Balaban J connectivity index is 1.69. The van der Waals surface area contributed by atoms with Gasteiger partial charge in [0.15, 0.2) is 0 Å². The Kier molecular flexibility index (Phi) is 4.38. The fourth-order valence-electron chi connectivity index (χ4n) is 3.15. The van der Waals surface area contributed by atoms with E-state index in [9.17, 15) is 9.59 Å². The van der Waals surface area contributed by atoms with E-state index in [-0.39, 0.29) is 30.2 Å². The normalized spacial score (nSPS) is 18.7. The molecule has 1 aromatic carbocycles. The molecule has 126 valence electrons. The number of H-pyrrole nitrogens is 1. The van der Waals surface area contributed by atoms with Crippen molar-refractivity contribution in [2.24, 2.45) is 5.92 Å². The maximum absolute atomic E-state index is 12.5. The minimum atomic E-state index is -0.336. The Hall–Kier alpha value is -2.63. The molecule has 2 unspecified atom stereocenters. The van der Waals surface area contributed by atoms with Gasteiger partial charge in [-0.3, -0.25) is 14.7 Å². The van der Waals surface area contributed by atoms with Crippen molar-refractivity contribution in [1.82, 2.24) is 15.1 Å². The highest BCUT2D eigenvalue weighted by molar-refractivity contribution is 5.98. The summed E-state index contributed by atoms with van der Waals surface area (Å²) >= 11 is 0. The van der Waals surface area contributed by atoms with Gasteiger partial charge >= 0.3 is 0 Å². The van der Waals surface area contributed by atoms with Crippen LogP contribution >= 0.6 is 0 Å². The van der Waals surface area contributed by atoms with E-state index >= 15 is 0 Å². The van der Waals surface area contributed by atoms with E-state index in [2.05, 4.69) is 15.5 Å². The van der Waals surface area contributed by atoms with Crippen LogP contribution in [0.15, 0.2) is 30.3 Å². The molecule has 24 heavy (non-hydrogen) atoms. The first-order valence-electron chi connectivity index (χ1n) is 8.14. The second-order valence-electron chi connectivity index (χ2n) is 6.33. The molecule has 1 aromatic heterocycles. The molecule has 0 saturated carbocycles. The van der Waals surface area contributed by atoms with E-state index in [1.165, 1.54) is 0 Å². The largest absolute Gasteiger partial charge is 0.335 e. The van der Waals surface area contributed by atoms with Gasteiger partial charge in [-0.25, -0.2) is 0 Å². The first kappa shape index (κ1) is 16.2. The van der Waals surface area contributed by atoms with Crippen LogP contribution in [-0.2, 0) is 9.59 Å². The number of carbonyl (C=O) groups excluding carboxylic acids is 2. The number of likely N-dealkylation sites (tertiary alicyclic amines) is 1. The fraction of sp³-hybridized carbons (Fsp3) is 0.389. The van der Waals surface area contributed by atoms with Crippen LogP contribution in [0.1, 0.15) is 36.3 Å². The van der Waals surface area contributed by atoms with Gasteiger partial charge in [0.05, 0.1) is 29.0 Å². The number of aromatic nitrogens is 2. The number of aromatic amines is 1. The number of hydrogen-bond acceptors (Lipinski definition) is 3. The third kappa shape index (κ3) is 3.04. The van der Waals surface area contributed by atoms with E-state index in [1.807, 2.05) is 51.1 Å². The van der Waals surface area contributed by atoms with Gasteiger partial charge in [0.1, 0.15) is 0 Å². The molecule has 2 N–H and O–H groups in total. The van der Waals surface area contributed by atoms with Gasteiger partial charge in [0, 0.05) is 13.0 Å². The van der Waals surface area contributed by atoms with Crippen LogP contribution in [-0.4, -0.2) is 33.5 Å². The molecule has 0 aliphatic carbocycles. The summed E-state index contributed by atoms with van der Waals surface area (Å²) in [7, 11) is 0. The summed E-state index contributed by atoms with van der Waals surface area (Å²) in [6.45, 7) is 6.14. The van der Waals surface area contributed by atoms with Crippen molar-refractivity contribution in [1.29, 1.82) is 0 Å². The van der Waals surface area contributed by atoms with Gasteiger partial charge in [-0.15, -0.1) is 0 Å². The van der Waals surface area contributed by atoms with E-state index in [0.717, 1.165) is 17.0 Å². The molecule has 0 bridgehead atoms. The molecule has 2 heterocycles. The number of carbonyl (C=O) groups is 2. The zero-order chi connectivity index (χ0) is 17.3. The molecule has 2 aromatic rings. The van der Waals surface area contributed by atoms with Gasteiger partial charge in [-0.05, 0) is 26.3 Å². The number of rotatable bonds is 4. The lowest BCUT2D eigenvalue weighted by molar-refractivity contribution is -0.129. The van der Waals surface area contributed by atoms with Crippen molar-refractivity contribution >= 4 is 17.5 Å². The average Bonchev–Trinajstić information content (AvgIpc) is 3.12. The fourth-order valence-corrected chi connectivity index (χ4v) is 3.15. The van der Waals surface area contributed by atoms with Crippen LogP contribution in [0.3, 0.4) is 0 Å². The number of hydrogen-bond donors (Lipinski definition) is 2. The van der Waals surface area contributed by atoms with Crippen LogP contribution in [0.2, 0.25) is 0 Å². The predicted octanol–water partition coefficient (Wildman–Crippen LogP) is 2.57. The highest BCUT2D eigenvalue weighted by atomic mass is 16.2. The van der Waals surface area contributed by atoms with Crippen molar-refractivity contribution in [2.45, 2.75) is 33.2 Å². The topological polar surface area (TPSA) is 78.1 Å². The first-order valence-corrected chi connectivity index (χ1v) is 8.14. The van der Waals surface area contributed by atoms with E-state index in [4.69, 9.17) is 0 Å². The zero-order valence-corrected chi connectivity index (χ0v) is 14.2. The minimum absolute atomic E-state index is 0.0205. The first-order chi connectivity index (χ1) is 11.5. The summed E-state index contributed by atoms with van der Waals surface area (Å²) in [4.78, 5) is 26.7. The summed E-state index contributed by atoms with van der Waals surface area (Å²) in [5, 5.41) is 9.83. The molecule has 3 rings (SSSR count). The minimum Gasteiger partial charge on any atom is -0.335 e. The van der Waals surface area contributed by atoms with Crippen molar-refractivity contribution in [3.05, 3.63) is 47.3 Å². The second kappa shape index (κ2) is 6.47. The van der Waals surface area contributed by atoms with E-state index in [0.29, 0.717) is 12.2 Å². The summed E-state index contributed by atoms with van der Waals surface area (Å²) in [5.41, 5.74) is 3.36. The molecule has 1 aliphatic rings. The average molecular weight is 326 g/mol. The lowest BCUT2D eigenvalue weighted by Crippen LogP contribution is -2.30. The maximum Gasteiger partial charge on any atom is 0.229 e. The molecule has 0 spiro atoms. The van der Waals surface area contributed by atoms with Crippen LogP contribution in [0.25, 0.3) is 0 Å². The number of benzene rings is 1. The SMILES string of the molecule is Cc1n[nH]c(C)c1NC(=O)C1CC(=O)N(C(C)c2ccccc2)C1. The highest BCUT2D eigenvalue weighted by Gasteiger charge is 2.37. The molecule has 2 amide bonds. The standard InChI is InChI=1S/C18H22N4O2/c1-11-17(12(2)21-20-11)19-18(24)15-9-16(23)22(10-15)13(3)14-7-5-4-6-8-14/h4-8,13,15H,9-10H2,1-3H3,(H,19,24)(H,20,21). The predicted molar refractivity (Wildman–Crippen MR) is 91.4 cm³/mol. The van der Waals surface area contributed by atoms with Gasteiger partial charge in [0.25, 0.3) is 0 Å². The molecule has 2 atom stereocenters. The van der Waals surface area contributed by atoms with Crippen LogP contribution < -0.4 is 5.32 Å². The molecule has 1 aliphatic heterocycles. The molecular formula is C18H22N4O2. The maximum atomic E-state index is 12.5. The summed E-state index contributed by atoms with van der Waals surface area (Å²) in [5.74, 6) is -0.441. The monoisotopic (exact) mass is 326 g/mol. The zero-order valence-electron chi connectivity index (χ0n) is 14.2. The summed E-state index contributed by atoms with van der Waals surface area (Å²) in [6.07, 6.45) is 0.249. The third-order valence-corrected chi connectivity index (χ3v) is 4.66. The molecule has 1 saturated heterocycles. The summed E-state index contributed by atoms with van der Waals surface area (Å²) < 4.78 is 0.